The summed E-state index contributed by atoms with van der Waals surface area (Å²) >= 11 is 0. The number of aromatic nitrogens is 4. The van der Waals surface area contributed by atoms with Gasteiger partial charge < -0.3 is 29.6 Å². The largest absolute Gasteiger partial charge is 0.462 e. The van der Waals surface area contributed by atoms with E-state index in [1.165, 1.54) is 5.69 Å². The first kappa shape index (κ1) is 18.5. The van der Waals surface area contributed by atoms with Crippen molar-refractivity contribution in [2.24, 2.45) is 0 Å². The molecule has 0 unspecified atom stereocenters. The molecule has 1 fully saturated rings. The monoisotopic (exact) mass is 383 g/mol. The molecule has 9 heteroatoms. The van der Waals surface area contributed by atoms with Crippen molar-refractivity contribution in [2.75, 3.05) is 63.8 Å². The number of anilines is 3. The number of H-pyrrole nitrogens is 1. The molecule has 0 spiro atoms. The van der Waals surface area contributed by atoms with Gasteiger partial charge >= 0.3 is 0 Å². The highest BCUT2D eigenvalue weighted by Crippen LogP contribution is 2.22. The van der Waals surface area contributed by atoms with E-state index in [2.05, 4.69) is 54.2 Å². The van der Waals surface area contributed by atoms with Crippen LogP contribution in [0.2, 0.25) is 0 Å². The Morgan fingerprint density at radius 1 is 1.07 bits per heavy atom. The van der Waals surface area contributed by atoms with E-state index < -0.39 is 0 Å². The minimum absolute atomic E-state index is 0.412. The second-order valence-electron chi connectivity index (χ2n) is 6.78. The van der Waals surface area contributed by atoms with E-state index >= 15 is 0 Å². The Bertz CT molecular complexity index is 904. The van der Waals surface area contributed by atoms with E-state index in [-0.39, 0.29) is 0 Å². The van der Waals surface area contributed by atoms with Crippen LogP contribution in [0.1, 0.15) is 0 Å². The van der Waals surface area contributed by atoms with Gasteiger partial charge in [0, 0.05) is 44.7 Å². The van der Waals surface area contributed by atoms with Crippen LogP contribution in [0.25, 0.3) is 11.2 Å². The smallest absolute Gasteiger partial charge is 0.296 e. The van der Waals surface area contributed by atoms with E-state index in [0.717, 1.165) is 37.4 Å². The van der Waals surface area contributed by atoms with Crippen LogP contribution in [-0.4, -0.2) is 78.4 Å². The predicted octanol–water partition coefficient (Wildman–Crippen LogP) is 1.87. The van der Waals surface area contributed by atoms with Crippen molar-refractivity contribution in [3.8, 4) is 6.01 Å². The fourth-order valence-electron chi connectivity index (χ4n) is 3.09. The molecule has 0 radical (unpaired) electrons. The molecule has 1 aliphatic rings. The fourth-order valence-corrected chi connectivity index (χ4v) is 3.09. The number of ether oxygens (including phenoxy) is 2. The second-order valence-corrected chi connectivity index (χ2v) is 6.78. The number of hydrogen-bond donors (Lipinski definition) is 2. The van der Waals surface area contributed by atoms with Gasteiger partial charge in [0.15, 0.2) is 5.65 Å². The molecule has 1 saturated heterocycles. The van der Waals surface area contributed by atoms with E-state index in [9.17, 15) is 0 Å². The Morgan fingerprint density at radius 2 is 1.86 bits per heavy atom. The molecule has 0 aliphatic carbocycles. The zero-order valence-corrected chi connectivity index (χ0v) is 16.2. The fraction of sp³-hybridized carbons (Fsp3) is 0.421. The molecular weight excluding hydrogens is 358 g/mol. The highest BCUT2D eigenvalue weighted by Gasteiger charge is 2.14. The van der Waals surface area contributed by atoms with E-state index in [1.807, 2.05) is 12.1 Å². The summed E-state index contributed by atoms with van der Waals surface area (Å²) in [5.41, 5.74) is 3.45. The van der Waals surface area contributed by atoms with Crippen molar-refractivity contribution in [1.82, 2.24) is 24.8 Å². The topological polar surface area (TPSA) is 91.4 Å². The number of imidazole rings is 1. The molecule has 0 amide bonds. The van der Waals surface area contributed by atoms with Gasteiger partial charge in [0.1, 0.15) is 12.1 Å². The molecule has 1 aromatic carbocycles. The van der Waals surface area contributed by atoms with E-state index in [0.29, 0.717) is 30.8 Å². The third-order valence-electron chi connectivity index (χ3n) is 4.74. The van der Waals surface area contributed by atoms with Crippen LogP contribution in [0, 0.1) is 0 Å². The van der Waals surface area contributed by atoms with Gasteiger partial charge in [0.2, 0.25) is 5.95 Å². The summed E-state index contributed by atoms with van der Waals surface area (Å²) in [6.07, 6.45) is 1.69. The van der Waals surface area contributed by atoms with Gasteiger partial charge in [-0.2, -0.15) is 9.97 Å². The van der Waals surface area contributed by atoms with Gasteiger partial charge in [-0.15, -0.1) is 0 Å². The van der Waals surface area contributed by atoms with Crippen LogP contribution in [0.3, 0.4) is 0 Å². The average Bonchev–Trinajstić information content (AvgIpc) is 3.11. The number of fused-ring (bicyclic) bond motifs is 1. The van der Waals surface area contributed by atoms with Crippen LogP contribution in [0.15, 0.2) is 30.5 Å². The SMILES string of the molecule is COCCOc1nc2nc(Nc3ccc(N4CCN(C)CC4)cc3)ncc2[nH]1. The first-order valence-corrected chi connectivity index (χ1v) is 9.36. The molecular formula is C19H25N7O2. The Morgan fingerprint density at radius 3 is 2.61 bits per heavy atom. The predicted molar refractivity (Wildman–Crippen MR) is 108 cm³/mol. The number of likely N-dealkylation sites (N-methyl/N-ethyl adjacent to an activating group) is 1. The number of hydrogen-bond acceptors (Lipinski definition) is 8. The lowest BCUT2D eigenvalue weighted by Crippen LogP contribution is -2.44. The lowest BCUT2D eigenvalue weighted by atomic mass is 10.2. The highest BCUT2D eigenvalue weighted by molar-refractivity contribution is 5.72. The highest BCUT2D eigenvalue weighted by atomic mass is 16.5. The van der Waals surface area contributed by atoms with Crippen LogP contribution in [0.4, 0.5) is 17.3 Å². The Kier molecular flexibility index (Phi) is 5.54. The molecule has 2 N–H and O–H groups in total. The van der Waals surface area contributed by atoms with Crippen molar-refractivity contribution in [3.05, 3.63) is 30.5 Å². The van der Waals surface area contributed by atoms with Gasteiger partial charge in [-0.1, -0.05) is 0 Å². The third-order valence-corrected chi connectivity index (χ3v) is 4.74. The van der Waals surface area contributed by atoms with Crippen molar-refractivity contribution >= 4 is 28.5 Å². The van der Waals surface area contributed by atoms with Crippen LogP contribution < -0.4 is 15.0 Å². The second kappa shape index (κ2) is 8.41. The van der Waals surface area contributed by atoms with E-state index in [1.54, 1.807) is 13.3 Å². The van der Waals surface area contributed by atoms with Crippen molar-refractivity contribution in [3.63, 3.8) is 0 Å². The van der Waals surface area contributed by atoms with Gasteiger partial charge in [-0.25, -0.2) is 4.98 Å². The first-order valence-electron chi connectivity index (χ1n) is 9.36. The molecule has 0 atom stereocenters. The van der Waals surface area contributed by atoms with Gasteiger partial charge in [0.05, 0.1) is 12.8 Å². The number of benzene rings is 1. The molecule has 0 bridgehead atoms. The molecule has 3 aromatic rings. The number of methoxy groups -OCH3 is 1. The zero-order valence-electron chi connectivity index (χ0n) is 16.2. The first-order chi connectivity index (χ1) is 13.7. The molecule has 148 valence electrons. The Hall–Kier alpha value is -2.91. The summed E-state index contributed by atoms with van der Waals surface area (Å²) < 4.78 is 10.4. The normalized spacial score (nSPS) is 15.1. The number of piperazine rings is 1. The Labute approximate surface area is 163 Å². The standard InChI is InChI=1S/C19H25N7O2/c1-25-7-9-26(10-8-25)15-5-3-14(4-6-15)21-18-20-13-16-17(23-18)24-19(22-16)28-12-11-27-2/h3-6,13H,7-12H2,1-2H3,(H2,20,21,22,23,24). The van der Waals surface area contributed by atoms with Crippen molar-refractivity contribution in [1.29, 1.82) is 0 Å². The summed E-state index contributed by atoms with van der Waals surface area (Å²) in [7, 11) is 3.79. The minimum atomic E-state index is 0.412. The summed E-state index contributed by atoms with van der Waals surface area (Å²) in [6, 6.07) is 8.76. The van der Waals surface area contributed by atoms with Gasteiger partial charge in [0.25, 0.3) is 6.01 Å². The van der Waals surface area contributed by atoms with Gasteiger partial charge in [-0.3, -0.25) is 0 Å². The minimum Gasteiger partial charge on any atom is -0.462 e. The number of rotatable bonds is 7. The van der Waals surface area contributed by atoms with Crippen molar-refractivity contribution in [2.45, 2.75) is 0 Å². The van der Waals surface area contributed by atoms with Crippen LogP contribution >= 0.6 is 0 Å². The van der Waals surface area contributed by atoms with Gasteiger partial charge in [-0.05, 0) is 31.3 Å². The maximum atomic E-state index is 5.48. The summed E-state index contributed by atoms with van der Waals surface area (Å²) in [6.45, 7) is 5.21. The molecule has 1 aliphatic heterocycles. The molecule has 28 heavy (non-hydrogen) atoms. The van der Waals surface area contributed by atoms with Crippen molar-refractivity contribution < 1.29 is 9.47 Å². The number of aromatic amines is 1. The van der Waals surface area contributed by atoms with Crippen LogP contribution in [-0.2, 0) is 4.74 Å². The molecule has 2 aromatic heterocycles. The molecule has 3 heterocycles. The summed E-state index contributed by atoms with van der Waals surface area (Å²) in [5.74, 6) is 0.495. The quantitative estimate of drug-likeness (QED) is 0.598. The summed E-state index contributed by atoms with van der Waals surface area (Å²) in [5, 5.41) is 3.23. The third kappa shape index (κ3) is 4.32. The number of nitrogens with one attached hydrogen (secondary N) is 2. The maximum absolute atomic E-state index is 5.48. The Balaban J connectivity index is 1.41. The maximum Gasteiger partial charge on any atom is 0.296 e. The molecule has 9 nitrogen and oxygen atoms in total. The summed E-state index contributed by atoms with van der Waals surface area (Å²) in [4.78, 5) is 20.9. The molecule has 0 saturated carbocycles. The zero-order chi connectivity index (χ0) is 19.3. The average molecular weight is 383 g/mol. The molecule has 4 rings (SSSR count). The lowest BCUT2D eigenvalue weighted by molar-refractivity contribution is 0.141. The lowest BCUT2D eigenvalue weighted by Gasteiger charge is -2.34. The number of nitrogens with zero attached hydrogens (tertiary/aromatic N) is 5. The van der Waals surface area contributed by atoms with E-state index in [4.69, 9.17) is 9.47 Å². The van der Waals surface area contributed by atoms with Crippen LogP contribution in [0.5, 0.6) is 6.01 Å².